The molecule has 2 saturated heterocycles. The third kappa shape index (κ3) is 8.12. The summed E-state index contributed by atoms with van der Waals surface area (Å²) in [7, 11) is 0. The fraction of sp³-hybridized carbons (Fsp3) is 0.429. The van der Waals surface area contributed by atoms with Crippen LogP contribution in [-0.4, -0.2) is 53.5 Å². The lowest BCUT2D eigenvalue weighted by Gasteiger charge is -2.16. The lowest BCUT2D eigenvalue weighted by molar-refractivity contribution is -0.145. The molecule has 41 heavy (non-hydrogen) atoms. The topological polar surface area (TPSA) is 126 Å². The van der Waals surface area contributed by atoms with Gasteiger partial charge in [-0.2, -0.15) is 11.8 Å². The number of esters is 1. The Morgan fingerprint density at radius 3 is 2.44 bits per heavy atom. The number of thioether (sulfide) groups is 1. The summed E-state index contributed by atoms with van der Waals surface area (Å²) in [4.78, 5) is 52.7. The normalized spacial score (nSPS) is 19.3. The summed E-state index contributed by atoms with van der Waals surface area (Å²) in [6.07, 6.45) is 3.24. The molecule has 218 valence electrons. The van der Waals surface area contributed by atoms with Gasteiger partial charge in [0.2, 0.25) is 11.8 Å². The summed E-state index contributed by atoms with van der Waals surface area (Å²) < 4.78 is 5.41. The van der Waals surface area contributed by atoms with Gasteiger partial charge in [0.15, 0.2) is 0 Å². The maximum Gasteiger partial charge on any atom is 0.315 e. The van der Waals surface area contributed by atoms with Crippen molar-refractivity contribution in [1.82, 2.24) is 21.5 Å². The first-order valence-corrected chi connectivity index (χ1v) is 17.2. The van der Waals surface area contributed by atoms with Gasteiger partial charge in [0, 0.05) is 49.8 Å². The van der Waals surface area contributed by atoms with Gasteiger partial charge in [-0.3, -0.25) is 25.2 Å². The van der Waals surface area contributed by atoms with Crippen molar-refractivity contribution in [2.75, 3.05) is 12.4 Å². The van der Waals surface area contributed by atoms with E-state index in [0.29, 0.717) is 24.5 Å². The predicted molar refractivity (Wildman–Crippen MR) is 165 cm³/mol. The Morgan fingerprint density at radius 1 is 0.927 bits per heavy atom. The summed E-state index contributed by atoms with van der Waals surface area (Å²) in [6, 6.07) is 10.7. The van der Waals surface area contributed by atoms with Crippen molar-refractivity contribution in [2.45, 2.75) is 62.3 Å². The molecular formula is C28H32N4O5S4. The second kappa shape index (κ2) is 14.3. The first kappa shape index (κ1) is 29.6. The van der Waals surface area contributed by atoms with Gasteiger partial charge in [0.25, 0.3) is 0 Å². The fourth-order valence-electron chi connectivity index (χ4n) is 4.87. The van der Waals surface area contributed by atoms with Crippen LogP contribution in [0.25, 0.3) is 19.5 Å². The molecule has 2 aliphatic rings. The van der Waals surface area contributed by atoms with Crippen LogP contribution in [0.15, 0.2) is 41.1 Å². The zero-order chi connectivity index (χ0) is 28.6. The second-order valence-electron chi connectivity index (χ2n) is 9.85. The zero-order valence-corrected chi connectivity index (χ0v) is 25.6. The van der Waals surface area contributed by atoms with E-state index < -0.39 is 11.9 Å². The molecule has 5 rings (SSSR count). The van der Waals surface area contributed by atoms with Crippen molar-refractivity contribution in [3.63, 3.8) is 0 Å². The summed E-state index contributed by atoms with van der Waals surface area (Å²) >= 11 is 6.99. The number of carbonyl (C=O) groups excluding carboxylic acids is 4. The number of ether oxygens (including phenoxy) is 1. The molecule has 13 heteroatoms. The van der Waals surface area contributed by atoms with Crippen LogP contribution in [0.2, 0.25) is 0 Å². The Bertz CT molecular complexity index is 1340. The highest BCUT2D eigenvalue weighted by Gasteiger charge is 2.42. The Kier molecular flexibility index (Phi) is 10.4. The largest absolute Gasteiger partial charge is 0.465 e. The molecule has 3 aromatic heterocycles. The molecule has 9 nitrogen and oxygen atoms in total. The van der Waals surface area contributed by atoms with Crippen molar-refractivity contribution in [3.8, 4) is 19.5 Å². The lowest BCUT2D eigenvalue weighted by atomic mass is 10.0. The standard InChI is InChI=1S/C28H32N4O5S4/c33-23(8-2-1-5-20-26-18(16-40-20)29-28(36)30-26)31-32-24(34)9-10-25(35)37-12-11-17-15-22(19-6-3-13-38-19)41-27(17)21-7-4-14-39-21/h3-4,6-7,13-15,18,20,26H,1-2,5,8-12,16H2,(H,31,33)(H,32,34)(H2,29,30,36). The van der Waals surface area contributed by atoms with Crippen LogP contribution in [0.4, 0.5) is 4.79 Å². The number of fused-ring (bicyclic) bond motifs is 1. The number of unbranched alkanes of at least 4 members (excludes halogenated alkanes) is 1. The van der Waals surface area contributed by atoms with Crippen LogP contribution >= 0.6 is 45.8 Å². The molecule has 2 fully saturated rings. The lowest BCUT2D eigenvalue weighted by Crippen LogP contribution is -2.41. The number of urea groups is 1. The minimum atomic E-state index is -0.446. The monoisotopic (exact) mass is 632 g/mol. The molecule has 5 heterocycles. The van der Waals surface area contributed by atoms with Crippen LogP contribution in [0.5, 0.6) is 0 Å². The highest BCUT2D eigenvalue weighted by molar-refractivity contribution is 8.00. The second-order valence-corrected chi connectivity index (χ2v) is 14.1. The van der Waals surface area contributed by atoms with Gasteiger partial charge in [-0.25, -0.2) is 4.79 Å². The van der Waals surface area contributed by atoms with Crippen LogP contribution < -0.4 is 21.5 Å². The molecule has 3 aromatic rings. The van der Waals surface area contributed by atoms with Crippen molar-refractivity contribution < 1.29 is 23.9 Å². The number of rotatable bonds is 13. The molecule has 0 bridgehead atoms. The molecule has 0 saturated carbocycles. The Hall–Kier alpha value is -2.87. The predicted octanol–water partition coefficient (Wildman–Crippen LogP) is 4.94. The van der Waals surface area contributed by atoms with E-state index in [1.165, 1.54) is 19.5 Å². The van der Waals surface area contributed by atoms with Gasteiger partial charge >= 0.3 is 12.0 Å². The SMILES string of the molecule is O=C(CCCCC1SCC2NC(=O)NC21)NNC(=O)CCC(=O)OCCc1cc(-c2cccs2)sc1-c1cccs1. The van der Waals surface area contributed by atoms with Crippen molar-refractivity contribution in [2.24, 2.45) is 0 Å². The highest BCUT2D eigenvalue weighted by Crippen LogP contribution is 2.41. The van der Waals surface area contributed by atoms with Crippen LogP contribution in [0.3, 0.4) is 0 Å². The van der Waals surface area contributed by atoms with E-state index >= 15 is 0 Å². The highest BCUT2D eigenvalue weighted by atomic mass is 32.2. The molecule has 4 N–H and O–H groups in total. The first-order valence-electron chi connectivity index (χ1n) is 13.6. The van der Waals surface area contributed by atoms with Crippen molar-refractivity contribution >= 4 is 69.6 Å². The molecule has 3 unspecified atom stereocenters. The number of hydrazine groups is 1. The van der Waals surface area contributed by atoms with E-state index in [0.717, 1.165) is 24.2 Å². The van der Waals surface area contributed by atoms with Crippen molar-refractivity contribution in [3.05, 3.63) is 46.7 Å². The molecule has 3 atom stereocenters. The minimum absolute atomic E-state index is 0.0593. The summed E-state index contributed by atoms with van der Waals surface area (Å²) in [6.45, 7) is 0.236. The average molecular weight is 633 g/mol. The first-order chi connectivity index (χ1) is 20.0. The molecule has 4 amide bonds. The maximum absolute atomic E-state index is 12.2. The van der Waals surface area contributed by atoms with Gasteiger partial charge < -0.3 is 15.4 Å². The van der Waals surface area contributed by atoms with Crippen LogP contribution in [-0.2, 0) is 25.5 Å². The van der Waals surface area contributed by atoms with E-state index in [2.05, 4.69) is 50.4 Å². The third-order valence-electron chi connectivity index (χ3n) is 6.93. The fourth-order valence-corrected chi connectivity index (χ4v) is 9.34. The zero-order valence-electron chi connectivity index (χ0n) is 22.3. The smallest absolute Gasteiger partial charge is 0.315 e. The van der Waals surface area contributed by atoms with Crippen LogP contribution in [0, 0.1) is 0 Å². The van der Waals surface area contributed by atoms with E-state index in [-0.39, 0.29) is 43.5 Å². The van der Waals surface area contributed by atoms with E-state index in [1.807, 2.05) is 23.9 Å². The summed E-state index contributed by atoms with van der Waals surface area (Å²) in [5, 5.41) is 10.4. The van der Waals surface area contributed by atoms with E-state index in [4.69, 9.17) is 4.74 Å². The number of amides is 4. The van der Waals surface area contributed by atoms with Crippen molar-refractivity contribution in [1.29, 1.82) is 0 Å². The van der Waals surface area contributed by atoms with Gasteiger partial charge in [-0.15, -0.1) is 34.0 Å². The third-order valence-corrected chi connectivity index (χ3v) is 11.7. The number of hydrogen-bond donors (Lipinski definition) is 4. The molecule has 0 spiro atoms. The number of hydrogen-bond acceptors (Lipinski definition) is 9. The number of nitrogens with one attached hydrogen (secondary N) is 4. The quantitative estimate of drug-likeness (QED) is 0.0916. The maximum atomic E-state index is 12.2. The molecule has 2 aliphatic heterocycles. The minimum Gasteiger partial charge on any atom is -0.465 e. The average Bonchev–Trinajstić information content (AvgIpc) is 3.78. The molecule has 0 aliphatic carbocycles. The van der Waals surface area contributed by atoms with E-state index in [9.17, 15) is 19.2 Å². The van der Waals surface area contributed by atoms with Gasteiger partial charge in [0.1, 0.15) is 0 Å². The Morgan fingerprint density at radius 2 is 1.68 bits per heavy atom. The van der Waals surface area contributed by atoms with E-state index in [1.54, 1.807) is 34.0 Å². The Balaban J connectivity index is 0.950. The summed E-state index contributed by atoms with van der Waals surface area (Å²) in [5.74, 6) is -0.242. The molecular weight excluding hydrogens is 601 g/mol. The van der Waals surface area contributed by atoms with Gasteiger partial charge in [-0.1, -0.05) is 18.6 Å². The van der Waals surface area contributed by atoms with Gasteiger partial charge in [-0.05, 0) is 47.4 Å². The number of thiophene rings is 3. The molecule has 0 radical (unpaired) electrons. The van der Waals surface area contributed by atoms with Crippen LogP contribution in [0.1, 0.15) is 44.1 Å². The molecule has 0 aromatic carbocycles. The van der Waals surface area contributed by atoms with Gasteiger partial charge in [0.05, 0.1) is 25.1 Å². The summed E-state index contributed by atoms with van der Waals surface area (Å²) in [5.41, 5.74) is 5.93. The Labute approximate surface area is 254 Å². The number of carbonyl (C=O) groups is 4.